The fourth-order valence-corrected chi connectivity index (χ4v) is 3.43. The predicted molar refractivity (Wildman–Crippen MR) is 105 cm³/mol. The molecule has 3 rings (SSSR count). The predicted octanol–water partition coefficient (Wildman–Crippen LogP) is 2.63. The van der Waals surface area contributed by atoms with Crippen molar-refractivity contribution in [3.05, 3.63) is 64.2 Å². The number of ether oxygens (including phenoxy) is 3. The number of hydrogen-bond donors (Lipinski definition) is 0. The molecule has 0 saturated heterocycles. The van der Waals surface area contributed by atoms with E-state index in [1.807, 2.05) is 24.3 Å². The van der Waals surface area contributed by atoms with Gasteiger partial charge in [-0.1, -0.05) is 35.9 Å². The lowest BCUT2D eigenvalue weighted by molar-refractivity contribution is -0.155. The number of fused-ring (bicyclic) bond motifs is 1. The number of hydrogen-bond acceptors (Lipinski definition) is 6. The fraction of sp³-hybridized carbons (Fsp3) is 0.286. The van der Waals surface area contributed by atoms with E-state index < -0.39 is 30.5 Å². The van der Waals surface area contributed by atoms with E-state index in [0.29, 0.717) is 11.4 Å². The normalized spacial score (nSPS) is 15.3. The number of amides is 1. The molecule has 0 N–H and O–H groups in total. The van der Waals surface area contributed by atoms with Crippen LogP contribution >= 0.6 is 11.6 Å². The monoisotopic (exact) mass is 417 g/mol. The van der Waals surface area contributed by atoms with Crippen LogP contribution in [0.2, 0.25) is 5.02 Å². The highest BCUT2D eigenvalue weighted by Gasteiger charge is 2.35. The molecule has 8 heteroatoms. The van der Waals surface area contributed by atoms with Crippen LogP contribution in [0.15, 0.2) is 42.5 Å². The quantitative estimate of drug-likeness (QED) is 0.695. The van der Waals surface area contributed by atoms with Crippen LogP contribution in [0.5, 0.6) is 5.75 Å². The number of nitrogens with zero attached hydrogens (tertiary/aromatic N) is 1. The highest BCUT2D eigenvalue weighted by atomic mass is 35.5. The molecule has 7 nitrogen and oxygen atoms in total. The maximum absolute atomic E-state index is 12.8. The van der Waals surface area contributed by atoms with Gasteiger partial charge in [-0.3, -0.25) is 4.79 Å². The molecule has 0 saturated carbocycles. The summed E-state index contributed by atoms with van der Waals surface area (Å²) in [5.74, 6) is -1.48. The average Bonchev–Trinajstić information content (AvgIpc) is 2.75. The zero-order valence-corrected chi connectivity index (χ0v) is 16.8. The summed E-state index contributed by atoms with van der Waals surface area (Å²) in [6.45, 7) is -0.295. The smallest absolute Gasteiger partial charge is 0.342 e. The van der Waals surface area contributed by atoms with E-state index >= 15 is 0 Å². The molecule has 2 aromatic rings. The average molecular weight is 418 g/mol. The summed E-state index contributed by atoms with van der Waals surface area (Å²) in [4.78, 5) is 38.8. The van der Waals surface area contributed by atoms with Crippen LogP contribution in [0.1, 0.15) is 21.5 Å². The summed E-state index contributed by atoms with van der Waals surface area (Å²) in [5.41, 5.74) is 2.03. The number of carbonyl (C=O) groups excluding carboxylic acids is 3. The first kappa shape index (κ1) is 20.7. The number of rotatable bonds is 5. The topological polar surface area (TPSA) is 82.1 Å². The van der Waals surface area contributed by atoms with Gasteiger partial charge in [0.05, 0.1) is 14.2 Å². The lowest BCUT2D eigenvalue weighted by Crippen LogP contribution is -2.50. The summed E-state index contributed by atoms with van der Waals surface area (Å²) in [6, 6.07) is 11.3. The van der Waals surface area contributed by atoms with E-state index in [4.69, 9.17) is 25.8 Å². The molecule has 1 atom stereocenters. The van der Waals surface area contributed by atoms with Crippen molar-refractivity contribution >= 4 is 29.4 Å². The van der Waals surface area contributed by atoms with E-state index in [-0.39, 0.29) is 17.9 Å². The molecule has 0 spiro atoms. The zero-order chi connectivity index (χ0) is 21.0. The first-order chi connectivity index (χ1) is 13.9. The van der Waals surface area contributed by atoms with Gasteiger partial charge in [0.25, 0.3) is 5.91 Å². The largest absolute Gasteiger partial charge is 0.496 e. The van der Waals surface area contributed by atoms with E-state index in [9.17, 15) is 14.4 Å². The van der Waals surface area contributed by atoms with Crippen molar-refractivity contribution in [1.82, 2.24) is 4.90 Å². The molecule has 0 unspecified atom stereocenters. The van der Waals surface area contributed by atoms with Gasteiger partial charge in [0, 0.05) is 18.0 Å². The van der Waals surface area contributed by atoms with Gasteiger partial charge in [-0.2, -0.15) is 0 Å². The number of esters is 2. The molecule has 2 aromatic carbocycles. The Hall–Kier alpha value is -3.06. The van der Waals surface area contributed by atoms with Gasteiger partial charge in [0.15, 0.2) is 6.61 Å². The lowest BCUT2D eigenvalue weighted by atomic mass is 9.94. The van der Waals surface area contributed by atoms with Gasteiger partial charge in [-0.15, -0.1) is 0 Å². The Morgan fingerprint density at radius 3 is 2.52 bits per heavy atom. The van der Waals surface area contributed by atoms with Crippen molar-refractivity contribution in [2.45, 2.75) is 19.0 Å². The highest BCUT2D eigenvalue weighted by molar-refractivity contribution is 6.31. The van der Waals surface area contributed by atoms with Crippen molar-refractivity contribution in [3.63, 3.8) is 0 Å². The second-order valence-corrected chi connectivity index (χ2v) is 6.89. The molecule has 1 aliphatic heterocycles. The molecular formula is C21H20ClNO6. The number of methoxy groups -OCH3 is 2. The van der Waals surface area contributed by atoms with Gasteiger partial charge < -0.3 is 19.1 Å². The van der Waals surface area contributed by atoms with Crippen LogP contribution in [0.3, 0.4) is 0 Å². The third-order valence-corrected chi connectivity index (χ3v) is 4.99. The Kier molecular flexibility index (Phi) is 6.39. The van der Waals surface area contributed by atoms with Gasteiger partial charge >= 0.3 is 11.9 Å². The van der Waals surface area contributed by atoms with Crippen LogP contribution in [-0.4, -0.2) is 49.6 Å². The second kappa shape index (κ2) is 8.96. The fourth-order valence-electron chi connectivity index (χ4n) is 3.26. The lowest BCUT2D eigenvalue weighted by Gasteiger charge is -2.35. The van der Waals surface area contributed by atoms with Crippen LogP contribution in [0.4, 0.5) is 0 Å². The molecule has 1 aliphatic rings. The van der Waals surface area contributed by atoms with Crippen molar-refractivity contribution in [3.8, 4) is 5.75 Å². The maximum atomic E-state index is 12.8. The molecule has 152 valence electrons. The van der Waals surface area contributed by atoms with Gasteiger partial charge in [-0.05, 0) is 29.3 Å². The molecule has 29 heavy (non-hydrogen) atoms. The maximum Gasteiger partial charge on any atom is 0.342 e. The highest BCUT2D eigenvalue weighted by Crippen LogP contribution is 2.25. The summed E-state index contributed by atoms with van der Waals surface area (Å²) in [5, 5.41) is 0.336. The van der Waals surface area contributed by atoms with Crippen LogP contribution in [-0.2, 0) is 32.0 Å². The Morgan fingerprint density at radius 2 is 1.83 bits per heavy atom. The Labute approximate surface area is 173 Å². The molecule has 0 radical (unpaired) electrons. The van der Waals surface area contributed by atoms with Crippen molar-refractivity contribution in [2.75, 3.05) is 20.8 Å². The minimum absolute atomic E-state index is 0.112. The van der Waals surface area contributed by atoms with E-state index in [0.717, 1.165) is 11.1 Å². The van der Waals surface area contributed by atoms with E-state index in [1.54, 1.807) is 6.07 Å². The Morgan fingerprint density at radius 1 is 1.10 bits per heavy atom. The van der Waals surface area contributed by atoms with Crippen molar-refractivity contribution < 1.29 is 28.6 Å². The standard InChI is InChI=1S/C21H20ClNO6/c1-27-18-8-7-15(22)10-16(18)20(25)29-12-19(24)23-11-14-6-4-3-5-13(14)9-17(23)21(26)28-2/h3-8,10,17H,9,11-12H2,1-2H3/t17-/m1/s1. The van der Waals surface area contributed by atoms with Crippen LogP contribution in [0, 0.1) is 0 Å². The van der Waals surface area contributed by atoms with Gasteiger partial charge in [-0.25, -0.2) is 9.59 Å². The first-order valence-corrected chi connectivity index (χ1v) is 9.27. The Balaban J connectivity index is 1.74. The first-order valence-electron chi connectivity index (χ1n) is 8.89. The SMILES string of the molecule is COC(=O)[C@H]1Cc2ccccc2CN1C(=O)COC(=O)c1cc(Cl)ccc1OC. The Bertz CT molecular complexity index is 945. The molecule has 0 bridgehead atoms. The summed E-state index contributed by atoms with van der Waals surface area (Å²) >= 11 is 5.93. The third-order valence-electron chi connectivity index (χ3n) is 4.75. The summed E-state index contributed by atoms with van der Waals surface area (Å²) in [7, 11) is 2.69. The molecule has 0 aliphatic carbocycles. The molecule has 1 amide bonds. The van der Waals surface area contributed by atoms with Gasteiger partial charge in [0.2, 0.25) is 0 Å². The number of carbonyl (C=O) groups is 3. The zero-order valence-electron chi connectivity index (χ0n) is 16.0. The van der Waals surface area contributed by atoms with E-state index in [2.05, 4.69) is 0 Å². The molecule has 0 fully saturated rings. The van der Waals surface area contributed by atoms with Crippen LogP contribution < -0.4 is 4.74 Å². The second-order valence-electron chi connectivity index (χ2n) is 6.45. The van der Waals surface area contributed by atoms with Gasteiger partial charge in [0.1, 0.15) is 17.4 Å². The number of halogens is 1. The third kappa shape index (κ3) is 4.51. The summed E-state index contributed by atoms with van der Waals surface area (Å²) in [6.07, 6.45) is 0.338. The van der Waals surface area contributed by atoms with Crippen LogP contribution in [0.25, 0.3) is 0 Å². The van der Waals surface area contributed by atoms with Crippen molar-refractivity contribution in [2.24, 2.45) is 0 Å². The molecular weight excluding hydrogens is 398 g/mol. The van der Waals surface area contributed by atoms with Crippen molar-refractivity contribution in [1.29, 1.82) is 0 Å². The van der Waals surface area contributed by atoms with E-state index in [1.165, 1.54) is 31.3 Å². The summed E-state index contributed by atoms with van der Waals surface area (Å²) < 4.78 is 15.2. The minimum Gasteiger partial charge on any atom is -0.496 e. The molecule has 0 aromatic heterocycles. The molecule has 1 heterocycles. The minimum atomic E-state index is -0.776. The number of benzene rings is 2.